The molecule has 1 aliphatic rings. The first-order valence-electron chi connectivity index (χ1n) is 8.76. The minimum Gasteiger partial charge on any atom is -0.443 e. The quantitative estimate of drug-likeness (QED) is 0.871. The molecule has 6 nitrogen and oxygen atoms in total. The molecular weight excluding hydrogens is 354 g/mol. The molecular formula is C19H22ClN3O3. The lowest BCUT2D eigenvalue weighted by Crippen LogP contribution is -2.44. The van der Waals surface area contributed by atoms with Crippen molar-refractivity contribution in [2.24, 2.45) is 0 Å². The summed E-state index contributed by atoms with van der Waals surface area (Å²) < 4.78 is 5.94. The maximum Gasteiger partial charge on any atom is 0.242 e. The molecule has 1 saturated heterocycles. The molecule has 2 aromatic rings. The zero-order chi connectivity index (χ0) is 18.5. The fraction of sp³-hybridized carbons (Fsp3) is 0.421. The minimum atomic E-state index is -0.218. The van der Waals surface area contributed by atoms with Crippen LogP contribution in [0.25, 0.3) is 0 Å². The highest BCUT2D eigenvalue weighted by atomic mass is 35.5. The van der Waals surface area contributed by atoms with Crippen LogP contribution in [-0.4, -0.2) is 34.8 Å². The number of benzene rings is 1. The lowest BCUT2D eigenvalue weighted by molar-refractivity contribution is -0.136. The van der Waals surface area contributed by atoms with E-state index in [0.29, 0.717) is 29.6 Å². The van der Waals surface area contributed by atoms with Crippen LogP contribution in [0.5, 0.6) is 0 Å². The molecule has 0 radical (unpaired) electrons. The number of oxazole rings is 1. The second-order valence-electron chi connectivity index (χ2n) is 6.44. The van der Waals surface area contributed by atoms with Crippen LogP contribution in [0, 0.1) is 0 Å². The van der Waals surface area contributed by atoms with Gasteiger partial charge in [0.05, 0.1) is 12.7 Å². The van der Waals surface area contributed by atoms with E-state index >= 15 is 0 Å². The lowest BCUT2D eigenvalue weighted by Gasteiger charge is -2.33. The highest BCUT2D eigenvalue weighted by molar-refractivity contribution is 6.31. The number of amides is 2. The first-order chi connectivity index (χ1) is 12.5. The van der Waals surface area contributed by atoms with Gasteiger partial charge in [0.25, 0.3) is 0 Å². The summed E-state index contributed by atoms with van der Waals surface area (Å²) in [5.41, 5.74) is 0.971. The molecule has 0 saturated carbocycles. The number of likely N-dealkylation sites (tertiary alicyclic amines) is 1. The fourth-order valence-corrected chi connectivity index (χ4v) is 3.38. The molecule has 0 aliphatic carbocycles. The summed E-state index contributed by atoms with van der Waals surface area (Å²) in [6.45, 7) is 2.04. The van der Waals surface area contributed by atoms with Gasteiger partial charge in [-0.2, -0.15) is 0 Å². The molecule has 0 bridgehead atoms. The second kappa shape index (κ2) is 8.36. The number of carbonyl (C=O) groups excluding carboxylic acids is 2. The van der Waals surface area contributed by atoms with E-state index < -0.39 is 0 Å². The Morgan fingerprint density at radius 2 is 2.15 bits per heavy atom. The van der Waals surface area contributed by atoms with Crippen LogP contribution in [0.4, 0.5) is 0 Å². The molecule has 3 rings (SSSR count). The fourth-order valence-electron chi connectivity index (χ4n) is 3.18. The average Bonchev–Trinajstić information content (AvgIpc) is 3.10. The van der Waals surface area contributed by atoms with Crippen LogP contribution in [0.15, 0.2) is 34.9 Å². The van der Waals surface area contributed by atoms with Gasteiger partial charge in [-0.05, 0) is 30.9 Å². The Morgan fingerprint density at radius 3 is 2.92 bits per heavy atom. The molecule has 1 unspecified atom stereocenters. The molecule has 1 fully saturated rings. The molecule has 2 heterocycles. The van der Waals surface area contributed by atoms with Crippen molar-refractivity contribution in [3.8, 4) is 0 Å². The van der Waals surface area contributed by atoms with Crippen molar-refractivity contribution in [3.05, 3.63) is 52.7 Å². The number of hydrogen-bond donors (Lipinski definition) is 1. The largest absolute Gasteiger partial charge is 0.443 e. The minimum absolute atomic E-state index is 0.000970. The Labute approximate surface area is 157 Å². The van der Waals surface area contributed by atoms with E-state index in [1.54, 1.807) is 11.1 Å². The van der Waals surface area contributed by atoms with Crippen LogP contribution in [0.1, 0.15) is 49.4 Å². The molecule has 0 spiro atoms. The predicted octanol–water partition coefficient (Wildman–Crippen LogP) is 3.11. The molecule has 1 aliphatic heterocycles. The number of halogens is 1. The average molecular weight is 376 g/mol. The predicted molar refractivity (Wildman–Crippen MR) is 97.7 cm³/mol. The van der Waals surface area contributed by atoms with Crippen LogP contribution < -0.4 is 5.32 Å². The van der Waals surface area contributed by atoms with Crippen molar-refractivity contribution in [2.45, 2.75) is 38.6 Å². The molecule has 1 atom stereocenters. The maximum atomic E-state index is 12.5. The number of rotatable bonds is 5. The summed E-state index contributed by atoms with van der Waals surface area (Å²) in [5.74, 6) is 0.927. The van der Waals surface area contributed by atoms with Crippen molar-refractivity contribution in [1.29, 1.82) is 0 Å². The van der Waals surface area contributed by atoms with Gasteiger partial charge in [0.15, 0.2) is 0 Å². The zero-order valence-electron chi connectivity index (χ0n) is 14.7. The van der Waals surface area contributed by atoms with Gasteiger partial charge in [0.2, 0.25) is 17.7 Å². The van der Waals surface area contributed by atoms with E-state index in [0.717, 1.165) is 24.8 Å². The van der Waals surface area contributed by atoms with Gasteiger partial charge in [-0.25, -0.2) is 4.98 Å². The van der Waals surface area contributed by atoms with Crippen LogP contribution >= 0.6 is 11.6 Å². The van der Waals surface area contributed by atoms with Gasteiger partial charge < -0.3 is 14.6 Å². The van der Waals surface area contributed by atoms with Gasteiger partial charge in [0, 0.05) is 24.9 Å². The third-order valence-electron chi connectivity index (χ3n) is 4.49. The first-order valence-corrected chi connectivity index (χ1v) is 9.14. The van der Waals surface area contributed by atoms with E-state index in [9.17, 15) is 9.59 Å². The van der Waals surface area contributed by atoms with Crippen LogP contribution in [-0.2, 0) is 16.0 Å². The summed E-state index contributed by atoms with van der Waals surface area (Å²) in [5, 5.41) is 3.25. The van der Waals surface area contributed by atoms with Crippen molar-refractivity contribution in [3.63, 3.8) is 0 Å². The van der Waals surface area contributed by atoms with Gasteiger partial charge in [-0.3, -0.25) is 9.59 Å². The van der Waals surface area contributed by atoms with Crippen molar-refractivity contribution >= 4 is 23.4 Å². The summed E-state index contributed by atoms with van der Waals surface area (Å²) in [6, 6.07) is 7.43. The van der Waals surface area contributed by atoms with E-state index in [2.05, 4.69) is 10.3 Å². The number of carbonyl (C=O) groups is 2. The summed E-state index contributed by atoms with van der Waals surface area (Å²) >= 11 is 6.21. The SMILES string of the molecule is CC(=O)NCC(=O)N1CCCCC1c1ncc(Cc2ccccc2Cl)o1. The second-order valence-corrected chi connectivity index (χ2v) is 6.85. The number of aromatic nitrogens is 1. The number of nitrogens with one attached hydrogen (secondary N) is 1. The highest BCUT2D eigenvalue weighted by Gasteiger charge is 2.31. The standard InChI is InChI=1S/C19H22ClN3O3/c1-13(24)21-12-18(25)23-9-5-4-8-17(23)19-22-11-15(26-19)10-14-6-2-3-7-16(14)20/h2-3,6-7,11,17H,4-5,8-10,12H2,1H3,(H,21,24). The van der Waals surface area contributed by atoms with Gasteiger partial charge in [-0.15, -0.1) is 0 Å². The Balaban J connectivity index is 1.72. The summed E-state index contributed by atoms with van der Waals surface area (Å²) in [7, 11) is 0. The van der Waals surface area contributed by atoms with Crippen molar-refractivity contribution in [1.82, 2.24) is 15.2 Å². The first kappa shape index (κ1) is 18.5. The third kappa shape index (κ3) is 4.43. The highest BCUT2D eigenvalue weighted by Crippen LogP contribution is 2.31. The third-order valence-corrected chi connectivity index (χ3v) is 4.86. The number of piperidine rings is 1. The smallest absolute Gasteiger partial charge is 0.242 e. The molecule has 1 N–H and O–H groups in total. The summed E-state index contributed by atoms with van der Waals surface area (Å²) in [4.78, 5) is 29.7. The summed E-state index contributed by atoms with van der Waals surface area (Å²) in [6.07, 6.45) is 5.01. The van der Waals surface area contributed by atoms with Gasteiger partial charge in [-0.1, -0.05) is 29.8 Å². The van der Waals surface area contributed by atoms with Crippen molar-refractivity contribution in [2.75, 3.05) is 13.1 Å². The molecule has 7 heteroatoms. The van der Waals surface area contributed by atoms with E-state index in [-0.39, 0.29) is 24.4 Å². The van der Waals surface area contributed by atoms with Gasteiger partial charge >= 0.3 is 0 Å². The zero-order valence-corrected chi connectivity index (χ0v) is 15.5. The lowest BCUT2D eigenvalue weighted by atomic mass is 10.0. The molecule has 1 aromatic carbocycles. The van der Waals surface area contributed by atoms with Crippen LogP contribution in [0.2, 0.25) is 5.02 Å². The van der Waals surface area contributed by atoms with Gasteiger partial charge in [0.1, 0.15) is 11.8 Å². The number of hydrogen-bond acceptors (Lipinski definition) is 4. The molecule has 2 amide bonds. The number of nitrogens with zero attached hydrogens (tertiary/aromatic N) is 2. The Kier molecular flexibility index (Phi) is 5.93. The van der Waals surface area contributed by atoms with Crippen molar-refractivity contribution < 1.29 is 14.0 Å². The topological polar surface area (TPSA) is 75.4 Å². The molecule has 1 aromatic heterocycles. The van der Waals surface area contributed by atoms with E-state index in [1.165, 1.54) is 6.92 Å². The molecule has 138 valence electrons. The Bertz CT molecular complexity index is 790. The normalized spacial score (nSPS) is 17.2. The molecule has 26 heavy (non-hydrogen) atoms. The Morgan fingerprint density at radius 1 is 1.35 bits per heavy atom. The maximum absolute atomic E-state index is 12.5. The Hall–Kier alpha value is -2.34. The monoisotopic (exact) mass is 375 g/mol. The van der Waals surface area contributed by atoms with E-state index in [4.69, 9.17) is 16.0 Å². The van der Waals surface area contributed by atoms with Crippen LogP contribution in [0.3, 0.4) is 0 Å². The van der Waals surface area contributed by atoms with E-state index in [1.807, 2.05) is 24.3 Å².